The molecule has 0 bridgehead atoms. The Morgan fingerprint density at radius 1 is 0.927 bits per heavy atom. The van der Waals surface area contributed by atoms with E-state index in [9.17, 15) is 24.6 Å². The number of amides is 3. The van der Waals surface area contributed by atoms with Crippen molar-refractivity contribution < 1.29 is 29.3 Å². The summed E-state index contributed by atoms with van der Waals surface area (Å²) in [5, 5.41) is 26.0. The fourth-order valence-corrected chi connectivity index (χ4v) is 5.54. The zero-order valence-electron chi connectivity index (χ0n) is 24.3. The van der Waals surface area contributed by atoms with E-state index in [2.05, 4.69) is 10.6 Å². The average Bonchev–Trinajstić information content (AvgIpc) is 2.87. The van der Waals surface area contributed by atoms with Gasteiger partial charge in [-0.2, -0.15) is 0 Å². The minimum absolute atomic E-state index is 0.00602. The second-order valence-corrected chi connectivity index (χ2v) is 12.2. The van der Waals surface area contributed by atoms with Crippen LogP contribution in [0.3, 0.4) is 0 Å². The first-order chi connectivity index (χ1) is 19.5. The summed E-state index contributed by atoms with van der Waals surface area (Å²) < 4.78 is 5.49. The molecule has 41 heavy (non-hydrogen) atoms. The van der Waals surface area contributed by atoms with Crippen molar-refractivity contribution in [2.45, 2.75) is 108 Å². The Labute approximate surface area is 242 Å². The average molecular weight is 566 g/mol. The lowest BCUT2D eigenvalue weighted by Crippen LogP contribution is -2.58. The standard InChI is InChI=1S/C32H43N3O6/c1-32(2,3)41-31(40)34-27(19-21-15-17-25(36)18-16-21)30(39)35(24-12-8-13-24)28(22-9-7-14-26(37)20-22)29(38)33-23-10-5-4-6-11-23/h7,9,14-18,20,23-24,27-28,36-37H,4-6,8,10-13,19H2,1-3H3,(H,33,38)(H,34,40). The molecular weight excluding hydrogens is 522 g/mol. The molecule has 2 aliphatic rings. The highest BCUT2D eigenvalue weighted by atomic mass is 16.6. The molecule has 222 valence electrons. The Morgan fingerprint density at radius 3 is 2.20 bits per heavy atom. The van der Waals surface area contributed by atoms with E-state index in [1.165, 1.54) is 24.3 Å². The van der Waals surface area contributed by atoms with Crippen LogP contribution in [-0.2, 0) is 20.7 Å². The molecule has 0 spiro atoms. The van der Waals surface area contributed by atoms with Crippen molar-refractivity contribution in [3.05, 3.63) is 59.7 Å². The normalized spacial score (nSPS) is 17.5. The molecule has 2 aromatic rings. The maximum absolute atomic E-state index is 14.5. The molecule has 0 heterocycles. The Hall–Kier alpha value is -3.75. The van der Waals surface area contributed by atoms with Crippen LogP contribution < -0.4 is 10.6 Å². The molecule has 2 aliphatic carbocycles. The van der Waals surface area contributed by atoms with E-state index in [0.29, 0.717) is 5.56 Å². The number of nitrogens with zero attached hydrogens (tertiary/aromatic N) is 1. The van der Waals surface area contributed by atoms with E-state index in [1.54, 1.807) is 49.9 Å². The summed E-state index contributed by atoms with van der Waals surface area (Å²) in [5.41, 5.74) is 0.471. The summed E-state index contributed by atoms with van der Waals surface area (Å²) in [4.78, 5) is 43.1. The Balaban J connectivity index is 1.70. The maximum atomic E-state index is 14.5. The molecule has 4 N–H and O–H groups in total. The number of phenolic OH excluding ortho intramolecular Hbond substituents is 2. The molecule has 0 aromatic heterocycles. The molecule has 2 fully saturated rings. The lowest BCUT2D eigenvalue weighted by atomic mass is 9.87. The van der Waals surface area contributed by atoms with Crippen LogP contribution in [0.5, 0.6) is 11.5 Å². The number of hydrogen-bond donors (Lipinski definition) is 4. The van der Waals surface area contributed by atoms with E-state index in [4.69, 9.17) is 4.74 Å². The molecule has 4 rings (SSSR count). The Morgan fingerprint density at radius 2 is 1.61 bits per heavy atom. The van der Waals surface area contributed by atoms with Crippen molar-refractivity contribution >= 4 is 17.9 Å². The minimum atomic E-state index is -1.03. The van der Waals surface area contributed by atoms with E-state index < -0.39 is 29.7 Å². The number of hydrogen-bond acceptors (Lipinski definition) is 6. The first-order valence-corrected chi connectivity index (χ1v) is 14.7. The molecule has 0 saturated heterocycles. The van der Waals surface area contributed by atoms with Crippen LogP contribution in [0.2, 0.25) is 0 Å². The molecule has 2 unspecified atom stereocenters. The molecule has 0 aliphatic heterocycles. The quantitative estimate of drug-likeness (QED) is 0.335. The highest BCUT2D eigenvalue weighted by molar-refractivity contribution is 5.92. The second kappa shape index (κ2) is 13.3. The summed E-state index contributed by atoms with van der Waals surface area (Å²) in [6.45, 7) is 5.24. The third-order valence-corrected chi connectivity index (χ3v) is 7.75. The summed E-state index contributed by atoms with van der Waals surface area (Å²) in [6.07, 6.45) is 6.80. The van der Waals surface area contributed by atoms with Crippen molar-refractivity contribution in [1.82, 2.24) is 15.5 Å². The smallest absolute Gasteiger partial charge is 0.408 e. The molecule has 9 heteroatoms. The van der Waals surface area contributed by atoms with Crippen molar-refractivity contribution in [3.63, 3.8) is 0 Å². The topological polar surface area (TPSA) is 128 Å². The number of ether oxygens (including phenoxy) is 1. The van der Waals surface area contributed by atoms with Crippen LogP contribution in [0.1, 0.15) is 89.3 Å². The van der Waals surface area contributed by atoms with Gasteiger partial charge in [-0.3, -0.25) is 9.59 Å². The summed E-state index contributed by atoms with van der Waals surface area (Å²) in [6, 6.07) is 10.8. The fraction of sp³-hybridized carbons (Fsp3) is 0.531. The van der Waals surface area contributed by atoms with Crippen LogP contribution in [-0.4, -0.2) is 56.7 Å². The lowest BCUT2D eigenvalue weighted by molar-refractivity contribution is -0.147. The second-order valence-electron chi connectivity index (χ2n) is 12.2. The summed E-state index contributed by atoms with van der Waals surface area (Å²) in [5.74, 6) is -0.591. The largest absolute Gasteiger partial charge is 0.508 e. The van der Waals surface area contributed by atoms with Crippen LogP contribution in [0.15, 0.2) is 48.5 Å². The van der Waals surface area contributed by atoms with Gasteiger partial charge in [0.15, 0.2) is 0 Å². The van der Waals surface area contributed by atoms with E-state index in [-0.39, 0.29) is 35.9 Å². The highest BCUT2D eigenvalue weighted by Crippen LogP contribution is 2.35. The van der Waals surface area contributed by atoms with Gasteiger partial charge in [-0.05, 0) is 88.3 Å². The molecule has 2 atom stereocenters. The summed E-state index contributed by atoms with van der Waals surface area (Å²) >= 11 is 0. The van der Waals surface area contributed by atoms with Crippen LogP contribution in [0.4, 0.5) is 4.79 Å². The van der Waals surface area contributed by atoms with Gasteiger partial charge in [-0.1, -0.05) is 43.5 Å². The maximum Gasteiger partial charge on any atom is 0.408 e. The first-order valence-electron chi connectivity index (χ1n) is 14.7. The van der Waals surface area contributed by atoms with Crippen molar-refractivity contribution in [2.24, 2.45) is 0 Å². The Bertz CT molecular complexity index is 1200. The van der Waals surface area contributed by atoms with E-state index in [1.807, 2.05) is 0 Å². The van der Waals surface area contributed by atoms with Gasteiger partial charge in [0.2, 0.25) is 11.8 Å². The molecule has 0 radical (unpaired) electrons. The number of phenols is 2. The van der Waals surface area contributed by atoms with Crippen molar-refractivity contribution in [3.8, 4) is 11.5 Å². The summed E-state index contributed by atoms with van der Waals surface area (Å²) in [7, 11) is 0. The third-order valence-electron chi connectivity index (χ3n) is 7.75. The number of benzene rings is 2. The number of alkyl carbamates (subject to hydrolysis) is 1. The zero-order valence-corrected chi connectivity index (χ0v) is 24.3. The van der Waals surface area contributed by atoms with Crippen LogP contribution in [0.25, 0.3) is 0 Å². The van der Waals surface area contributed by atoms with Gasteiger partial charge in [0.1, 0.15) is 29.2 Å². The van der Waals surface area contributed by atoms with Crippen LogP contribution in [0, 0.1) is 0 Å². The molecule has 3 amide bonds. The van der Waals surface area contributed by atoms with Gasteiger partial charge in [0.25, 0.3) is 0 Å². The Kier molecular flexibility index (Phi) is 9.78. The number of carbonyl (C=O) groups excluding carboxylic acids is 3. The van der Waals surface area contributed by atoms with Gasteiger partial charge in [-0.15, -0.1) is 0 Å². The minimum Gasteiger partial charge on any atom is -0.508 e. The predicted molar refractivity (Wildman–Crippen MR) is 155 cm³/mol. The van der Waals surface area contributed by atoms with Crippen molar-refractivity contribution in [2.75, 3.05) is 0 Å². The van der Waals surface area contributed by atoms with Gasteiger partial charge in [0, 0.05) is 18.5 Å². The molecular formula is C32H43N3O6. The van der Waals surface area contributed by atoms with Gasteiger partial charge >= 0.3 is 6.09 Å². The van der Waals surface area contributed by atoms with Gasteiger partial charge in [0.05, 0.1) is 0 Å². The number of nitrogens with one attached hydrogen (secondary N) is 2. The molecule has 2 aromatic carbocycles. The van der Waals surface area contributed by atoms with E-state index in [0.717, 1.165) is 56.9 Å². The van der Waals surface area contributed by atoms with Gasteiger partial charge < -0.3 is 30.5 Å². The first kappa shape index (κ1) is 30.2. The SMILES string of the molecule is CC(C)(C)OC(=O)NC(Cc1ccc(O)cc1)C(=O)N(C1CCC1)C(C(=O)NC1CCCCC1)c1cccc(O)c1. The predicted octanol–water partition coefficient (Wildman–Crippen LogP) is 5.10. The number of rotatable bonds is 9. The fourth-order valence-electron chi connectivity index (χ4n) is 5.54. The zero-order chi connectivity index (χ0) is 29.6. The molecule has 2 saturated carbocycles. The highest BCUT2D eigenvalue weighted by Gasteiger charge is 2.42. The van der Waals surface area contributed by atoms with Gasteiger partial charge in [-0.25, -0.2) is 4.79 Å². The number of carbonyl (C=O) groups is 3. The van der Waals surface area contributed by atoms with E-state index >= 15 is 0 Å². The molecule has 9 nitrogen and oxygen atoms in total. The lowest BCUT2D eigenvalue weighted by Gasteiger charge is -2.44. The van der Waals surface area contributed by atoms with Crippen LogP contribution >= 0.6 is 0 Å². The van der Waals surface area contributed by atoms with Crippen molar-refractivity contribution in [1.29, 1.82) is 0 Å². The third kappa shape index (κ3) is 8.38. The monoisotopic (exact) mass is 565 g/mol. The number of aromatic hydroxyl groups is 2.